The Bertz CT molecular complexity index is 1440. The molecule has 34 heavy (non-hydrogen) atoms. The molecule has 0 amide bonds. The number of hydrogen-bond donors (Lipinski definition) is 2. The molecule has 4 aromatic rings. The lowest BCUT2D eigenvalue weighted by atomic mass is 9.62. The third-order valence-electron chi connectivity index (χ3n) is 7.20. The van der Waals surface area contributed by atoms with E-state index in [0.29, 0.717) is 16.8 Å². The molecule has 0 atom stereocenters. The van der Waals surface area contributed by atoms with Crippen LogP contribution in [0, 0.1) is 11.2 Å². The van der Waals surface area contributed by atoms with Crippen LogP contribution < -0.4 is 9.64 Å². The van der Waals surface area contributed by atoms with Crippen LogP contribution in [0.15, 0.2) is 36.5 Å². The summed E-state index contributed by atoms with van der Waals surface area (Å²) in [4.78, 5) is 15.4. The number of rotatable bonds is 4. The highest BCUT2D eigenvalue weighted by Crippen LogP contribution is 2.50. The van der Waals surface area contributed by atoms with E-state index in [1.54, 1.807) is 18.3 Å². The van der Waals surface area contributed by atoms with Crippen LogP contribution in [0.25, 0.3) is 32.9 Å². The zero-order chi connectivity index (χ0) is 23.6. The molecule has 0 bridgehead atoms. The van der Waals surface area contributed by atoms with Crippen molar-refractivity contribution >= 4 is 27.5 Å². The number of aryl methyl sites for hydroxylation is 1. The number of benzene rings is 2. The van der Waals surface area contributed by atoms with Crippen LogP contribution in [-0.4, -0.2) is 51.5 Å². The summed E-state index contributed by atoms with van der Waals surface area (Å²) in [6.07, 6.45) is 3.70. The number of aromatic nitrogens is 3. The maximum absolute atomic E-state index is 16.1. The summed E-state index contributed by atoms with van der Waals surface area (Å²) in [7, 11) is 1.46. The van der Waals surface area contributed by atoms with Gasteiger partial charge >= 0.3 is 6.01 Å². The van der Waals surface area contributed by atoms with E-state index in [-0.39, 0.29) is 34.5 Å². The summed E-state index contributed by atoms with van der Waals surface area (Å²) in [5.74, 6) is 0.0555. The molecule has 0 radical (unpaired) electrons. The number of ether oxygens (including phenoxy) is 1. The van der Waals surface area contributed by atoms with Gasteiger partial charge in [0, 0.05) is 30.3 Å². The zero-order valence-electron chi connectivity index (χ0n) is 19.0. The van der Waals surface area contributed by atoms with Crippen LogP contribution in [0.5, 0.6) is 11.8 Å². The van der Waals surface area contributed by atoms with Gasteiger partial charge in [-0.1, -0.05) is 25.1 Å². The average Bonchev–Trinajstić information content (AvgIpc) is 2.79. The first kappa shape index (κ1) is 21.0. The fourth-order valence-electron chi connectivity index (χ4n) is 5.62. The molecule has 3 heterocycles. The molecule has 2 aliphatic rings. The third kappa shape index (κ3) is 3.09. The van der Waals surface area contributed by atoms with Crippen molar-refractivity contribution in [3.63, 3.8) is 0 Å². The lowest BCUT2D eigenvalue weighted by molar-refractivity contribution is -0.0493. The Hall–Kier alpha value is -3.52. The van der Waals surface area contributed by atoms with E-state index in [2.05, 4.69) is 19.9 Å². The molecule has 0 unspecified atom stereocenters. The number of phenols is 1. The molecule has 6 rings (SSSR count). The number of aliphatic hydroxyl groups excluding tert-OH is 1. The van der Waals surface area contributed by atoms with E-state index in [9.17, 15) is 10.2 Å². The summed E-state index contributed by atoms with van der Waals surface area (Å²) in [6.45, 7) is 3.54. The predicted octanol–water partition coefficient (Wildman–Crippen LogP) is 4.22. The first-order valence-electron chi connectivity index (χ1n) is 11.5. The maximum Gasteiger partial charge on any atom is 0.318 e. The standard InChI is InChI=1S/C26H25FN4O3/c1-3-14-5-4-6-15-7-16(32)8-18(20(14)15)22-21(27)23-19(11-28-22)24(30-25(29-23)34-2)31-12-26(13-31)9-17(33)10-26/h4-8,11,17,32-33H,3,9-10,12-13H2,1-2H3. The second-order valence-electron chi connectivity index (χ2n) is 9.50. The van der Waals surface area contributed by atoms with Crippen molar-refractivity contribution in [3.8, 4) is 23.0 Å². The predicted molar refractivity (Wildman–Crippen MR) is 128 cm³/mol. The van der Waals surface area contributed by atoms with Gasteiger partial charge in [0.15, 0.2) is 5.82 Å². The van der Waals surface area contributed by atoms with Gasteiger partial charge < -0.3 is 19.8 Å². The van der Waals surface area contributed by atoms with Gasteiger partial charge in [0.2, 0.25) is 0 Å². The quantitative estimate of drug-likeness (QED) is 0.471. The second kappa shape index (κ2) is 7.50. The Labute approximate surface area is 195 Å². The summed E-state index contributed by atoms with van der Waals surface area (Å²) < 4.78 is 21.4. The van der Waals surface area contributed by atoms with Gasteiger partial charge in [-0.15, -0.1) is 0 Å². The van der Waals surface area contributed by atoms with E-state index in [1.165, 1.54) is 7.11 Å². The first-order chi connectivity index (χ1) is 16.4. The van der Waals surface area contributed by atoms with Crippen LogP contribution in [0.1, 0.15) is 25.3 Å². The zero-order valence-corrected chi connectivity index (χ0v) is 19.0. The number of aromatic hydroxyl groups is 1. The van der Waals surface area contributed by atoms with E-state index in [1.807, 2.05) is 25.1 Å². The SMILES string of the molecule is CCc1cccc2cc(O)cc(-c3ncc4c(N5CC6(CC(O)C6)C5)nc(OC)nc4c3F)c12. The number of pyridine rings is 1. The van der Waals surface area contributed by atoms with Gasteiger partial charge in [-0.05, 0) is 47.7 Å². The number of phenolic OH excluding ortho intramolecular Hbond substituents is 1. The Kier molecular flexibility index (Phi) is 4.64. The number of halogens is 1. The molecule has 2 N–H and O–H groups in total. The Balaban J connectivity index is 1.52. The van der Waals surface area contributed by atoms with Gasteiger partial charge in [-0.2, -0.15) is 9.97 Å². The summed E-state index contributed by atoms with van der Waals surface area (Å²) in [6, 6.07) is 9.15. The van der Waals surface area contributed by atoms with Gasteiger partial charge in [-0.25, -0.2) is 4.39 Å². The largest absolute Gasteiger partial charge is 0.508 e. The van der Waals surface area contributed by atoms with Crippen molar-refractivity contribution < 1.29 is 19.3 Å². The Morgan fingerprint density at radius 3 is 2.71 bits per heavy atom. The lowest BCUT2D eigenvalue weighted by Crippen LogP contribution is -2.64. The van der Waals surface area contributed by atoms with E-state index < -0.39 is 5.82 Å². The number of fused-ring (bicyclic) bond motifs is 2. The van der Waals surface area contributed by atoms with Crippen molar-refractivity contribution in [3.05, 3.63) is 47.9 Å². The van der Waals surface area contributed by atoms with Crippen LogP contribution in [0.3, 0.4) is 0 Å². The monoisotopic (exact) mass is 460 g/mol. The second-order valence-corrected chi connectivity index (χ2v) is 9.50. The highest BCUT2D eigenvalue weighted by Gasteiger charge is 2.52. The molecular formula is C26H25FN4O3. The number of anilines is 1. The normalized spacial score (nSPS) is 17.2. The molecule has 174 valence electrons. The Morgan fingerprint density at radius 2 is 2.00 bits per heavy atom. The molecule has 1 aliphatic heterocycles. The molecule has 1 saturated heterocycles. The fourth-order valence-corrected chi connectivity index (χ4v) is 5.62. The minimum absolute atomic E-state index is 0.0478. The number of methoxy groups -OCH3 is 1. The number of nitrogens with zero attached hydrogens (tertiary/aromatic N) is 4. The molecule has 2 aromatic carbocycles. The van der Waals surface area contributed by atoms with Gasteiger partial charge in [0.25, 0.3) is 0 Å². The number of aliphatic hydroxyl groups is 1. The highest BCUT2D eigenvalue weighted by molar-refractivity contribution is 6.01. The molecule has 1 saturated carbocycles. The molecule has 1 spiro atoms. The van der Waals surface area contributed by atoms with Crippen LogP contribution in [0.2, 0.25) is 0 Å². The van der Waals surface area contributed by atoms with Crippen molar-refractivity contribution in [1.29, 1.82) is 0 Å². The molecule has 7 nitrogen and oxygen atoms in total. The molecule has 8 heteroatoms. The van der Waals surface area contributed by atoms with Crippen LogP contribution in [-0.2, 0) is 6.42 Å². The minimum Gasteiger partial charge on any atom is -0.508 e. The molecule has 2 aromatic heterocycles. The van der Waals surface area contributed by atoms with Crippen LogP contribution >= 0.6 is 0 Å². The minimum atomic E-state index is -0.577. The van der Waals surface area contributed by atoms with Crippen molar-refractivity contribution in [2.45, 2.75) is 32.3 Å². The Morgan fingerprint density at radius 1 is 1.21 bits per heavy atom. The van der Waals surface area contributed by atoms with Crippen molar-refractivity contribution in [1.82, 2.24) is 15.0 Å². The average molecular weight is 461 g/mol. The van der Waals surface area contributed by atoms with Crippen molar-refractivity contribution in [2.75, 3.05) is 25.1 Å². The van der Waals surface area contributed by atoms with E-state index >= 15 is 4.39 Å². The molecule has 1 aliphatic carbocycles. The fraction of sp³-hybridized carbons (Fsp3) is 0.346. The van der Waals surface area contributed by atoms with Gasteiger partial charge in [0.05, 0.1) is 18.6 Å². The number of hydrogen-bond acceptors (Lipinski definition) is 7. The van der Waals surface area contributed by atoms with E-state index in [4.69, 9.17) is 4.74 Å². The van der Waals surface area contributed by atoms with Gasteiger partial charge in [0.1, 0.15) is 22.8 Å². The van der Waals surface area contributed by atoms with Crippen molar-refractivity contribution in [2.24, 2.45) is 5.41 Å². The molecular weight excluding hydrogens is 435 g/mol. The topological polar surface area (TPSA) is 91.6 Å². The first-order valence-corrected chi connectivity index (χ1v) is 11.5. The lowest BCUT2D eigenvalue weighted by Gasteiger charge is -2.58. The third-order valence-corrected chi connectivity index (χ3v) is 7.20. The summed E-state index contributed by atoms with van der Waals surface area (Å²) in [5, 5.41) is 22.3. The maximum atomic E-state index is 16.1. The summed E-state index contributed by atoms with van der Waals surface area (Å²) in [5.41, 5.74) is 1.95. The van der Waals surface area contributed by atoms with E-state index in [0.717, 1.165) is 48.7 Å². The van der Waals surface area contributed by atoms with Gasteiger partial charge in [-0.3, -0.25) is 4.98 Å². The summed E-state index contributed by atoms with van der Waals surface area (Å²) >= 11 is 0. The highest BCUT2D eigenvalue weighted by atomic mass is 19.1. The molecule has 2 fully saturated rings. The smallest absolute Gasteiger partial charge is 0.318 e. The van der Waals surface area contributed by atoms with Crippen LogP contribution in [0.4, 0.5) is 10.2 Å².